The van der Waals surface area contributed by atoms with Crippen molar-refractivity contribution in [1.82, 2.24) is 4.98 Å². The Morgan fingerprint density at radius 2 is 1.79 bits per heavy atom. The van der Waals surface area contributed by atoms with Crippen LogP contribution in [0.1, 0.15) is 23.2 Å². The molecule has 1 amide bonds. The van der Waals surface area contributed by atoms with Gasteiger partial charge in [0.2, 0.25) is 5.91 Å². The molecule has 1 heterocycles. The number of ether oxygens (including phenoxy) is 1. The van der Waals surface area contributed by atoms with Gasteiger partial charge in [-0.3, -0.25) is 9.59 Å². The summed E-state index contributed by atoms with van der Waals surface area (Å²) < 4.78 is 5.10. The first kappa shape index (κ1) is 22.7. The average molecular weight is 477 g/mol. The summed E-state index contributed by atoms with van der Waals surface area (Å²) in [4.78, 5) is 29.5. The maximum absolute atomic E-state index is 12.4. The normalized spacial score (nSPS) is 10.6. The van der Waals surface area contributed by atoms with Crippen LogP contribution >= 0.6 is 22.9 Å². The summed E-state index contributed by atoms with van der Waals surface area (Å²) in [5, 5.41) is 6.32. The number of amides is 1. The van der Waals surface area contributed by atoms with E-state index in [9.17, 15) is 9.59 Å². The van der Waals surface area contributed by atoms with Gasteiger partial charge in [-0.2, -0.15) is 0 Å². The third kappa shape index (κ3) is 5.66. The van der Waals surface area contributed by atoms with E-state index in [4.69, 9.17) is 21.3 Å². The second kappa shape index (κ2) is 10.4. The molecule has 0 aliphatic carbocycles. The van der Waals surface area contributed by atoms with Gasteiger partial charge in [0.1, 0.15) is 10.8 Å². The Labute approximate surface area is 201 Å². The number of anilines is 1. The fraction of sp³-hybridized carbons (Fsp3) is 0.115. The number of hydrogen-bond acceptors (Lipinski definition) is 5. The van der Waals surface area contributed by atoms with E-state index in [2.05, 4.69) is 5.32 Å². The van der Waals surface area contributed by atoms with Gasteiger partial charge in [-0.15, -0.1) is 11.3 Å². The molecule has 0 aliphatic heterocycles. The van der Waals surface area contributed by atoms with E-state index in [0.29, 0.717) is 22.0 Å². The number of halogens is 1. The van der Waals surface area contributed by atoms with E-state index in [0.717, 1.165) is 21.8 Å². The van der Waals surface area contributed by atoms with Gasteiger partial charge in [0, 0.05) is 40.6 Å². The van der Waals surface area contributed by atoms with Crippen LogP contribution in [0.3, 0.4) is 0 Å². The van der Waals surface area contributed by atoms with Crippen molar-refractivity contribution in [3.63, 3.8) is 0 Å². The summed E-state index contributed by atoms with van der Waals surface area (Å²) >= 11 is 7.81. The van der Waals surface area contributed by atoms with Gasteiger partial charge in [0.25, 0.3) is 0 Å². The molecule has 33 heavy (non-hydrogen) atoms. The van der Waals surface area contributed by atoms with Crippen LogP contribution < -0.4 is 10.1 Å². The maximum atomic E-state index is 12.4. The van der Waals surface area contributed by atoms with Gasteiger partial charge in [-0.1, -0.05) is 41.9 Å². The molecule has 0 spiro atoms. The summed E-state index contributed by atoms with van der Waals surface area (Å²) in [5.41, 5.74) is 3.80. The van der Waals surface area contributed by atoms with E-state index in [1.807, 2.05) is 53.9 Å². The van der Waals surface area contributed by atoms with Crippen LogP contribution in [0, 0.1) is 0 Å². The number of carbonyl (C=O) groups excluding carboxylic acids is 2. The Hall–Kier alpha value is -3.48. The second-order valence-corrected chi connectivity index (χ2v) is 8.56. The Bertz CT molecular complexity index is 1280. The van der Waals surface area contributed by atoms with Crippen molar-refractivity contribution in [2.75, 3.05) is 12.4 Å². The number of thiazole rings is 1. The zero-order valence-corrected chi connectivity index (χ0v) is 19.5. The van der Waals surface area contributed by atoms with Crippen molar-refractivity contribution in [3.05, 3.63) is 88.8 Å². The summed E-state index contributed by atoms with van der Waals surface area (Å²) in [6.07, 6.45) is 0.230. The van der Waals surface area contributed by atoms with E-state index in [-0.39, 0.29) is 24.5 Å². The van der Waals surface area contributed by atoms with E-state index in [1.54, 1.807) is 31.4 Å². The average Bonchev–Trinajstić information content (AvgIpc) is 3.33. The van der Waals surface area contributed by atoms with Gasteiger partial charge < -0.3 is 10.1 Å². The summed E-state index contributed by atoms with van der Waals surface area (Å²) in [5.74, 6) is 0.378. The van der Waals surface area contributed by atoms with E-state index in [1.165, 1.54) is 11.3 Å². The molecule has 0 saturated heterocycles. The lowest BCUT2D eigenvalue weighted by Crippen LogP contribution is -2.13. The highest BCUT2D eigenvalue weighted by Gasteiger charge is 2.12. The number of benzene rings is 3. The van der Waals surface area contributed by atoms with Crippen LogP contribution in [0.4, 0.5) is 5.69 Å². The summed E-state index contributed by atoms with van der Waals surface area (Å²) in [6.45, 7) is 0. The number of rotatable bonds is 8. The molecule has 5 nitrogen and oxygen atoms in total. The van der Waals surface area contributed by atoms with Crippen LogP contribution in [0.25, 0.3) is 21.8 Å². The number of ketones is 1. The largest absolute Gasteiger partial charge is 0.497 e. The quantitative estimate of drug-likeness (QED) is 0.286. The minimum atomic E-state index is -0.218. The fourth-order valence-electron chi connectivity index (χ4n) is 3.29. The minimum Gasteiger partial charge on any atom is -0.497 e. The Kier molecular flexibility index (Phi) is 7.17. The van der Waals surface area contributed by atoms with Gasteiger partial charge in [-0.05, 0) is 42.5 Å². The number of nitrogens with one attached hydrogen (secondary N) is 1. The van der Waals surface area contributed by atoms with Crippen molar-refractivity contribution < 1.29 is 14.3 Å². The monoisotopic (exact) mass is 476 g/mol. The van der Waals surface area contributed by atoms with Crippen molar-refractivity contribution in [2.24, 2.45) is 0 Å². The fourth-order valence-corrected chi connectivity index (χ4v) is 4.44. The standard InChI is InChI=1S/C26H21ClN2O3S/c1-32-20-11-9-17(10-12-20)24(30)13-14-25(31)28-19-6-4-5-18(15-19)23-16-33-26(29-23)21-7-2-3-8-22(21)27/h2-12,15-16H,13-14H2,1H3,(H,28,31). The first-order valence-electron chi connectivity index (χ1n) is 10.3. The number of methoxy groups -OCH3 is 1. The SMILES string of the molecule is COc1ccc(C(=O)CCC(=O)Nc2cccc(-c3csc(-c4ccccc4Cl)n3)c2)cc1. The van der Waals surface area contributed by atoms with Crippen LogP contribution in [-0.2, 0) is 4.79 Å². The molecule has 0 unspecified atom stereocenters. The molecule has 0 aliphatic rings. The van der Waals surface area contributed by atoms with Crippen LogP contribution in [0.2, 0.25) is 5.02 Å². The van der Waals surface area contributed by atoms with Crippen molar-refractivity contribution in [3.8, 4) is 27.6 Å². The molecule has 4 aromatic rings. The zero-order valence-electron chi connectivity index (χ0n) is 17.9. The predicted molar refractivity (Wildman–Crippen MR) is 133 cm³/mol. The number of Topliss-reactive ketones (excluding diaryl/α,β-unsaturated/α-hetero) is 1. The highest BCUT2D eigenvalue weighted by molar-refractivity contribution is 7.13. The number of carbonyl (C=O) groups is 2. The first-order valence-corrected chi connectivity index (χ1v) is 11.6. The lowest BCUT2D eigenvalue weighted by atomic mass is 10.1. The third-order valence-corrected chi connectivity index (χ3v) is 6.25. The van der Waals surface area contributed by atoms with Gasteiger partial charge in [-0.25, -0.2) is 4.98 Å². The topological polar surface area (TPSA) is 68.3 Å². The molecule has 0 atom stereocenters. The first-order chi connectivity index (χ1) is 16.0. The molecule has 0 saturated carbocycles. The molecule has 0 bridgehead atoms. The van der Waals surface area contributed by atoms with Gasteiger partial charge in [0.15, 0.2) is 5.78 Å². The van der Waals surface area contributed by atoms with Crippen LogP contribution in [0.15, 0.2) is 78.2 Å². The third-order valence-electron chi connectivity index (χ3n) is 5.04. The van der Waals surface area contributed by atoms with Crippen molar-refractivity contribution in [1.29, 1.82) is 0 Å². The number of nitrogens with zero attached hydrogens (tertiary/aromatic N) is 1. The molecule has 3 aromatic carbocycles. The van der Waals surface area contributed by atoms with E-state index >= 15 is 0 Å². The maximum Gasteiger partial charge on any atom is 0.224 e. The molecule has 0 fully saturated rings. The number of aromatic nitrogens is 1. The summed E-state index contributed by atoms with van der Waals surface area (Å²) in [7, 11) is 1.57. The predicted octanol–water partition coefficient (Wildman–Crippen LogP) is 6.74. The molecule has 4 rings (SSSR count). The second-order valence-electron chi connectivity index (χ2n) is 7.30. The van der Waals surface area contributed by atoms with Gasteiger partial charge in [0.05, 0.1) is 17.8 Å². The molecule has 0 radical (unpaired) electrons. The Morgan fingerprint density at radius 3 is 2.55 bits per heavy atom. The molecular weight excluding hydrogens is 456 g/mol. The Balaban J connectivity index is 1.38. The van der Waals surface area contributed by atoms with Crippen LogP contribution in [-0.4, -0.2) is 23.8 Å². The Morgan fingerprint density at radius 1 is 1.00 bits per heavy atom. The molecule has 7 heteroatoms. The highest BCUT2D eigenvalue weighted by atomic mass is 35.5. The van der Waals surface area contributed by atoms with E-state index < -0.39 is 0 Å². The van der Waals surface area contributed by atoms with Crippen LogP contribution in [0.5, 0.6) is 5.75 Å². The summed E-state index contributed by atoms with van der Waals surface area (Å²) in [6, 6.07) is 21.9. The number of hydrogen-bond donors (Lipinski definition) is 1. The van der Waals surface area contributed by atoms with Gasteiger partial charge >= 0.3 is 0 Å². The smallest absolute Gasteiger partial charge is 0.224 e. The minimum absolute atomic E-state index is 0.0869. The van der Waals surface area contributed by atoms with Crippen molar-refractivity contribution >= 4 is 40.3 Å². The highest BCUT2D eigenvalue weighted by Crippen LogP contribution is 2.33. The molecule has 1 aromatic heterocycles. The lowest BCUT2D eigenvalue weighted by molar-refractivity contribution is -0.116. The zero-order chi connectivity index (χ0) is 23.2. The molecular formula is C26H21ClN2O3S. The molecule has 166 valence electrons. The molecule has 1 N–H and O–H groups in total. The van der Waals surface area contributed by atoms with Crippen molar-refractivity contribution in [2.45, 2.75) is 12.8 Å². The lowest BCUT2D eigenvalue weighted by Gasteiger charge is -2.07.